The van der Waals surface area contributed by atoms with Crippen LogP contribution in [-0.4, -0.2) is 30.3 Å². The predicted molar refractivity (Wildman–Crippen MR) is 91.0 cm³/mol. The van der Waals surface area contributed by atoms with Crippen molar-refractivity contribution in [2.24, 2.45) is 17.8 Å². The van der Waals surface area contributed by atoms with Gasteiger partial charge in [0.15, 0.2) is 0 Å². The van der Waals surface area contributed by atoms with Crippen molar-refractivity contribution in [3.8, 4) is 0 Å². The molecule has 2 heterocycles. The van der Waals surface area contributed by atoms with E-state index in [1.54, 1.807) is 0 Å². The molecule has 5 atom stereocenters. The van der Waals surface area contributed by atoms with Gasteiger partial charge in [0, 0.05) is 24.9 Å². The number of aryl methyl sites for hydroxylation is 1. The zero-order chi connectivity index (χ0) is 15.9. The lowest BCUT2D eigenvalue weighted by molar-refractivity contribution is -0.125. The molecular weight excluding hydrogens is 270 g/mol. The number of nitrogens with zero attached hydrogens (tertiary/aromatic N) is 1. The summed E-state index contributed by atoms with van der Waals surface area (Å²) in [5.41, 5.74) is 2.67. The van der Waals surface area contributed by atoms with Crippen molar-refractivity contribution < 1.29 is 4.79 Å². The number of rotatable bonds is 3. The highest BCUT2D eigenvalue weighted by atomic mass is 16.1. The van der Waals surface area contributed by atoms with Gasteiger partial charge in [0.1, 0.15) is 5.78 Å². The third-order valence-electron chi connectivity index (χ3n) is 6.22. The summed E-state index contributed by atoms with van der Waals surface area (Å²) in [7, 11) is 2.22. The molecule has 1 aromatic carbocycles. The number of benzene rings is 1. The number of carbonyl (C=O) groups excluding carboxylic acids is 1. The first-order chi connectivity index (χ1) is 10.5. The van der Waals surface area contributed by atoms with E-state index < -0.39 is 0 Å². The first-order valence-corrected chi connectivity index (χ1v) is 8.82. The normalized spacial score (nSPS) is 35.4. The number of fused-ring (bicyclic) bond motifs is 4. The van der Waals surface area contributed by atoms with Crippen molar-refractivity contribution in [2.45, 2.75) is 52.0 Å². The lowest BCUT2D eigenvalue weighted by atomic mass is 9.72. The molecule has 3 aliphatic rings. The summed E-state index contributed by atoms with van der Waals surface area (Å²) >= 11 is 0. The first-order valence-electron chi connectivity index (χ1n) is 8.82. The summed E-state index contributed by atoms with van der Waals surface area (Å²) in [4.78, 5) is 15.3. The van der Waals surface area contributed by atoms with Crippen LogP contribution < -0.4 is 0 Å². The lowest BCUT2D eigenvalue weighted by Gasteiger charge is -2.37. The van der Waals surface area contributed by atoms with Crippen molar-refractivity contribution in [3.63, 3.8) is 0 Å². The maximum Gasteiger partial charge on any atom is 0.137 e. The minimum atomic E-state index is 0.167. The molecule has 2 aliphatic heterocycles. The highest BCUT2D eigenvalue weighted by Gasteiger charge is 2.48. The highest BCUT2D eigenvalue weighted by molar-refractivity contribution is 5.82. The Morgan fingerprint density at radius 2 is 1.91 bits per heavy atom. The fraction of sp³-hybridized carbons (Fsp3) is 0.650. The Balaban J connectivity index is 2.06. The van der Waals surface area contributed by atoms with E-state index in [2.05, 4.69) is 50.1 Å². The van der Waals surface area contributed by atoms with Crippen molar-refractivity contribution in [1.29, 1.82) is 0 Å². The van der Waals surface area contributed by atoms with Gasteiger partial charge >= 0.3 is 0 Å². The van der Waals surface area contributed by atoms with Gasteiger partial charge in [0.25, 0.3) is 0 Å². The van der Waals surface area contributed by atoms with E-state index >= 15 is 0 Å². The molecule has 2 heteroatoms. The van der Waals surface area contributed by atoms with Crippen molar-refractivity contribution in [2.75, 3.05) is 13.6 Å². The topological polar surface area (TPSA) is 20.3 Å². The Morgan fingerprint density at radius 1 is 1.23 bits per heavy atom. The Kier molecular flexibility index (Phi) is 4.40. The molecule has 2 nitrogen and oxygen atoms in total. The molecule has 0 spiro atoms. The molecule has 4 rings (SSSR count). The number of carbonyl (C=O) groups is 1. The molecule has 1 aliphatic carbocycles. The third kappa shape index (κ3) is 2.62. The van der Waals surface area contributed by atoms with Crippen molar-refractivity contribution in [1.82, 2.24) is 4.90 Å². The summed E-state index contributed by atoms with van der Waals surface area (Å²) in [6.45, 7) is 7.69. The monoisotopic (exact) mass is 299 g/mol. The van der Waals surface area contributed by atoms with Crippen LogP contribution in [0.15, 0.2) is 24.3 Å². The van der Waals surface area contributed by atoms with Crippen LogP contribution in [0.4, 0.5) is 0 Å². The van der Waals surface area contributed by atoms with E-state index in [1.165, 1.54) is 24.0 Å². The van der Waals surface area contributed by atoms with Gasteiger partial charge in [-0.2, -0.15) is 0 Å². The van der Waals surface area contributed by atoms with Crippen LogP contribution in [0.2, 0.25) is 0 Å². The average molecular weight is 299 g/mol. The fourth-order valence-electron chi connectivity index (χ4n) is 4.89. The Labute approximate surface area is 134 Å². The Bertz CT molecular complexity index is 535. The van der Waals surface area contributed by atoms with Gasteiger partial charge in [-0.25, -0.2) is 0 Å². The third-order valence-corrected chi connectivity index (χ3v) is 6.22. The smallest absolute Gasteiger partial charge is 0.137 e. The number of piperidine rings is 1. The number of hydrogen-bond donors (Lipinski definition) is 0. The molecule has 3 fully saturated rings. The standard InChI is InChI=1S/C20H29NO/c1-5-18(22)20-17-11-10-16(12-21(17)4)14(3)19(20)15-8-6-13(2)7-9-15/h6-9,14,16-17,19-20H,5,10-12H2,1-4H3/t14-,16?,17?,19-,20+/m1/s1. The number of Topliss-reactive ketones (excluding diaryl/α,β-unsaturated/α-hetero) is 1. The zero-order valence-electron chi connectivity index (χ0n) is 14.4. The second-order valence-electron chi connectivity index (χ2n) is 7.49. The lowest BCUT2D eigenvalue weighted by Crippen LogP contribution is -2.45. The maximum absolute atomic E-state index is 12.8. The van der Waals surface area contributed by atoms with Gasteiger partial charge in [-0.15, -0.1) is 0 Å². The molecule has 1 aromatic rings. The number of ketones is 1. The minimum absolute atomic E-state index is 0.167. The van der Waals surface area contributed by atoms with E-state index in [1.807, 2.05) is 6.92 Å². The van der Waals surface area contributed by atoms with Crippen LogP contribution in [0.3, 0.4) is 0 Å². The molecule has 0 N–H and O–H groups in total. The van der Waals surface area contributed by atoms with Gasteiger partial charge in [-0.05, 0) is 50.1 Å². The molecule has 2 saturated heterocycles. The number of hydrogen-bond acceptors (Lipinski definition) is 2. The summed E-state index contributed by atoms with van der Waals surface area (Å²) in [6.07, 6.45) is 3.13. The molecule has 0 aromatic heterocycles. The molecule has 2 unspecified atom stereocenters. The Morgan fingerprint density at radius 3 is 2.50 bits per heavy atom. The van der Waals surface area contributed by atoms with E-state index in [0.29, 0.717) is 30.1 Å². The van der Waals surface area contributed by atoms with Gasteiger partial charge in [0.2, 0.25) is 0 Å². The minimum Gasteiger partial charge on any atom is -0.302 e. The van der Waals surface area contributed by atoms with Crippen LogP contribution in [-0.2, 0) is 4.79 Å². The first kappa shape index (κ1) is 15.7. The second-order valence-corrected chi connectivity index (χ2v) is 7.49. The molecule has 22 heavy (non-hydrogen) atoms. The second kappa shape index (κ2) is 6.16. The largest absolute Gasteiger partial charge is 0.302 e. The summed E-state index contributed by atoms with van der Waals surface area (Å²) in [5.74, 6) is 2.31. The molecule has 0 radical (unpaired) electrons. The zero-order valence-corrected chi connectivity index (χ0v) is 14.4. The quantitative estimate of drug-likeness (QED) is 0.839. The summed E-state index contributed by atoms with van der Waals surface area (Å²) < 4.78 is 0. The summed E-state index contributed by atoms with van der Waals surface area (Å²) in [6, 6.07) is 9.35. The predicted octanol–water partition coefficient (Wildman–Crippen LogP) is 4.03. The van der Waals surface area contributed by atoms with E-state index in [4.69, 9.17) is 0 Å². The van der Waals surface area contributed by atoms with Gasteiger partial charge in [0.05, 0.1) is 0 Å². The van der Waals surface area contributed by atoms with Gasteiger partial charge in [-0.1, -0.05) is 43.7 Å². The highest BCUT2D eigenvalue weighted by Crippen LogP contribution is 2.48. The van der Waals surface area contributed by atoms with E-state index in [0.717, 1.165) is 12.5 Å². The molecule has 120 valence electrons. The van der Waals surface area contributed by atoms with Crippen LogP contribution in [0.1, 0.15) is 50.2 Å². The van der Waals surface area contributed by atoms with Gasteiger partial charge < -0.3 is 4.90 Å². The SMILES string of the molecule is CCC(=O)[C@@H]1C2CCC(CN2C)[C@@H](C)[C@@H]1c1ccc(C)cc1. The maximum atomic E-state index is 12.8. The van der Waals surface area contributed by atoms with Crippen LogP contribution in [0.5, 0.6) is 0 Å². The molecule has 2 bridgehead atoms. The van der Waals surface area contributed by atoms with Crippen LogP contribution in [0.25, 0.3) is 0 Å². The molecule has 1 saturated carbocycles. The molecular formula is C20H29NO. The summed E-state index contributed by atoms with van der Waals surface area (Å²) in [5, 5.41) is 0. The fourth-order valence-corrected chi connectivity index (χ4v) is 4.89. The van der Waals surface area contributed by atoms with Crippen LogP contribution >= 0.6 is 0 Å². The van der Waals surface area contributed by atoms with E-state index in [-0.39, 0.29) is 5.92 Å². The van der Waals surface area contributed by atoms with Gasteiger partial charge in [-0.3, -0.25) is 4.79 Å². The Hall–Kier alpha value is -1.15. The van der Waals surface area contributed by atoms with Crippen LogP contribution in [0, 0.1) is 24.7 Å². The van der Waals surface area contributed by atoms with E-state index in [9.17, 15) is 4.79 Å². The van der Waals surface area contributed by atoms with Crippen molar-refractivity contribution >= 4 is 5.78 Å². The average Bonchev–Trinajstić information content (AvgIpc) is 2.72. The molecule has 0 amide bonds. The van der Waals surface area contributed by atoms with Crippen molar-refractivity contribution in [3.05, 3.63) is 35.4 Å².